The van der Waals surface area contributed by atoms with E-state index in [-0.39, 0.29) is 18.4 Å². The lowest BCUT2D eigenvalue weighted by Gasteiger charge is -2.33. The van der Waals surface area contributed by atoms with Gasteiger partial charge in [0.2, 0.25) is 5.91 Å². The van der Waals surface area contributed by atoms with Crippen molar-refractivity contribution in [3.8, 4) is 0 Å². The Labute approximate surface area is 182 Å². The fourth-order valence-corrected chi connectivity index (χ4v) is 4.08. The van der Waals surface area contributed by atoms with Crippen molar-refractivity contribution in [1.29, 1.82) is 0 Å². The highest BCUT2D eigenvalue weighted by Crippen LogP contribution is 2.29. The van der Waals surface area contributed by atoms with Crippen molar-refractivity contribution < 1.29 is 9.59 Å². The van der Waals surface area contributed by atoms with Gasteiger partial charge in [0.15, 0.2) is 5.82 Å². The van der Waals surface area contributed by atoms with Gasteiger partial charge in [0.25, 0.3) is 5.91 Å². The fraction of sp³-hybridized carbons (Fsp3) is 0.182. The van der Waals surface area contributed by atoms with E-state index in [1.54, 1.807) is 30.0 Å². The number of aromatic amines is 2. The summed E-state index contributed by atoms with van der Waals surface area (Å²) in [5.74, 6) is 0.643. The monoisotopic (exact) mass is 434 g/mol. The van der Waals surface area contributed by atoms with Crippen LogP contribution in [0.25, 0.3) is 10.9 Å². The second-order valence-electron chi connectivity index (χ2n) is 7.53. The summed E-state index contributed by atoms with van der Waals surface area (Å²) in [5.41, 5.74) is 2.96. The summed E-state index contributed by atoms with van der Waals surface area (Å²) in [6, 6.07) is 14.1. The van der Waals surface area contributed by atoms with Crippen molar-refractivity contribution in [3.63, 3.8) is 0 Å². The van der Waals surface area contributed by atoms with Crippen molar-refractivity contribution in [2.75, 3.05) is 4.90 Å². The van der Waals surface area contributed by atoms with Gasteiger partial charge in [0.1, 0.15) is 17.6 Å². The van der Waals surface area contributed by atoms with Crippen molar-refractivity contribution in [2.24, 2.45) is 0 Å². The number of nitrogens with zero attached hydrogens (tertiary/aromatic N) is 3. The van der Waals surface area contributed by atoms with Gasteiger partial charge in [-0.3, -0.25) is 14.7 Å². The molecule has 0 spiro atoms. The second-order valence-corrected chi connectivity index (χ2v) is 7.97. The number of hydrogen-bond acceptors (Lipinski definition) is 4. The molecule has 1 atom stereocenters. The molecule has 1 aliphatic rings. The Kier molecular flexibility index (Phi) is 4.71. The quantitative estimate of drug-likeness (QED) is 0.458. The Balaban J connectivity index is 1.42. The smallest absolute Gasteiger partial charge is 0.268 e. The molecule has 0 saturated heterocycles. The van der Waals surface area contributed by atoms with E-state index < -0.39 is 6.04 Å². The molecule has 5 rings (SSSR count). The normalized spacial score (nSPS) is 15.9. The number of benzene rings is 2. The van der Waals surface area contributed by atoms with Crippen LogP contribution in [-0.2, 0) is 17.8 Å². The number of hydrogen-bond donors (Lipinski definition) is 3. The first kappa shape index (κ1) is 19.3. The molecule has 2 amide bonds. The number of aromatic nitrogens is 4. The maximum Gasteiger partial charge on any atom is 0.268 e. The number of H-pyrrole nitrogens is 2. The largest absolute Gasteiger partial charge is 0.351 e. The average Bonchev–Trinajstić information content (AvgIpc) is 3.36. The van der Waals surface area contributed by atoms with Crippen LogP contribution >= 0.6 is 11.6 Å². The third kappa shape index (κ3) is 3.66. The number of halogens is 1. The lowest BCUT2D eigenvalue weighted by Crippen LogP contribution is -2.52. The molecule has 2 aromatic carbocycles. The zero-order chi connectivity index (χ0) is 21.5. The molecule has 0 radical (unpaired) electrons. The van der Waals surface area contributed by atoms with Crippen molar-refractivity contribution >= 4 is 40.0 Å². The lowest BCUT2D eigenvalue weighted by atomic mass is 9.97. The molecule has 0 fully saturated rings. The molecule has 0 bridgehead atoms. The summed E-state index contributed by atoms with van der Waals surface area (Å²) < 4.78 is 0. The third-order valence-corrected chi connectivity index (χ3v) is 5.58. The predicted octanol–water partition coefficient (Wildman–Crippen LogP) is 3.14. The molecule has 0 saturated carbocycles. The van der Waals surface area contributed by atoms with Crippen LogP contribution in [0.5, 0.6) is 0 Å². The number of nitrogens with one attached hydrogen (secondary N) is 3. The summed E-state index contributed by atoms with van der Waals surface area (Å²) in [6.45, 7) is 2.02. The van der Waals surface area contributed by atoms with Crippen LogP contribution in [-0.4, -0.2) is 38.0 Å². The van der Waals surface area contributed by atoms with E-state index in [4.69, 9.17) is 11.6 Å². The minimum absolute atomic E-state index is 0.200. The fourth-order valence-electron chi connectivity index (χ4n) is 3.90. The predicted molar refractivity (Wildman–Crippen MR) is 117 cm³/mol. The number of anilines is 1. The van der Waals surface area contributed by atoms with Crippen LogP contribution in [0, 0.1) is 6.92 Å². The first-order valence-electron chi connectivity index (χ1n) is 9.84. The highest BCUT2D eigenvalue weighted by Gasteiger charge is 2.34. The van der Waals surface area contributed by atoms with Crippen LogP contribution in [0.15, 0.2) is 48.5 Å². The van der Waals surface area contributed by atoms with Gasteiger partial charge in [-0.25, -0.2) is 4.98 Å². The van der Waals surface area contributed by atoms with Gasteiger partial charge in [0.05, 0.1) is 6.54 Å². The molecular weight excluding hydrogens is 416 g/mol. The maximum absolute atomic E-state index is 13.3. The third-order valence-electron chi connectivity index (χ3n) is 5.35. The Morgan fingerprint density at radius 3 is 2.90 bits per heavy atom. The molecule has 0 aliphatic carbocycles. The van der Waals surface area contributed by atoms with Crippen LogP contribution in [0.2, 0.25) is 5.02 Å². The van der Waals surface area contributed by atoms with Crippen LogP contribution in [0.3, 0.4) is 0 Å². The number of para-hydroxylation sites is 1. The SMILES string of the molecule is Cc1nc(CN2C(=O)[C@H](NC(=O)c3cc4cc(Cl)ccc4[nH]3)Cc3ccccc32)n[nH]1. The Morgan fingerprint density at radius 2 is 2.10 bits per heavy atom. The second kappa shape index (κ2) is 7.55. The number of amides is 2. The van der Waals surface area contributed by atoms with Crippen molar-refractivity contribution in [2.45, 2.75) is 25.9 Å². The molecule has 0 unspecified atom stereocenters. The van der Waals surface area contributed by atoms with E-state index >= 15 is 0 Å². The number of carbonyl (C=O) groups excluding carboxylic acids is 2. The Morgan fingerprint density at radius 1 is 1.26 bits per heavy atom. The summed E-state index contributed by atoms with van der Waals surface area (Å²) in [5, 5.41) is 11.3. The first-order chi connectivity index (χ1) is 15.0. The molecule has 3 N–H and O–H groups in total. The molecule has 3 heterocycles. The van der Waals surface area contributed by atoms with Gasteiger partial charge >= 0.3 is 0 Å². The zero-order valence-corrected chi connectivity index (χ0v) is 17.4. The molecule has 1 aliphatic heterocycles. The molecule has 31 heavy (non-hydrogen) atoms. The number of rotatable bonds is 4. The lowest BCUT2D eigenvalue weighted by molar-refractivity contribution is -0.121. The van der Waals surface area contributed by atoms with Gasteiger partial charge in [0, 0.05) is 28.0 Å². The van der Waals surface area contributed by atoms with E-state index in [2.05, 4.69) is 25.5 Å². The minimum Gasteiger partial charge on any atom is -0.351 e. The van der Waals surface area contributed by atoms with Gasteiger partial charge in [-0.15, -0.1) is 0 Å². The zero-order valence-electron chi connectivity index (χ0n) is 16.6. The van der Waals surface area contributed by atoms with E-state index in [0.29, 0.717) is 28.8 Å². The Bertz CT molecular complexity index is 1310. The molecule has 8 nitrogen and oxygen atoms in total. The van der Waals surface area contributed by atoms with Crippen LogP contribution < -0.4 is 10.2 Å². The van der Waals surface area contributed by atoms with Crippen molar-refractivity contribution in [1.82, 2.24) is 25.5 Å². The van der Waals surface area contributed by atoms with E-state index in [1.807, 2.05) is 30.3 Å². The number of aryl methyl sites for hydroxylation is 1. The summed E-state index contributed by atoms with van der Waals surface area (Å²) in [7, 11) is 0. The molecule has 9 heteroatoms. The molecule has 2 aromatic heterocycles. The number of fused-ring (bicyclic) bond motifs is 2. The average molecular weight is 435 g/mol. The molecule has 4 aromatic rings. The number of carbonyl (C=O) groups is 2. The summed E-state index contributed by atoms with van der Waals surface area (Å²) >= 11 is 6.04. The highest BCUT2D eigenvalue weighted by atomic mass is 35.5. The van der Waals surface area contributed by atoms with Gasteiger partial charge in [-0.05, 0) is 42.8 Å². The van der Waals surface area contributed by atoms with Crippen LogP contribution in [0.1, 0.15) is 27.7 Å². The van der Waals surface area contributed by atoms with Crippen LogP contribution in [0.4, 0.5) is 5.69 Å². The molecular formula is C22H19ClN6O2. The first-order valence-corrected chi connectivity index (χ1v) is 10.2. The highest BCUT2D eigenvalue weighted by molar-refractivity contribution is 6.31. The van der Waals surface area contributed by atoms with Gasteiger partial charge in [-0.1, -0.05) is 29.8 Å². The Hall–Kier alpha value is -3.65. The van der Waals surface area contributed by atoms with Gasteiger partial charge in [-0.2, -0.15) is 5.10 Å². The van der Waals surface area contributed by atoms with E-state index in [1.165, 1.54) is 0 Å². The van der Waals surface area contributed by atoms with Crippen molar-refractivity contribution in [3.05, 3.63) is 76.5 Å². The topological polar surface area (TPSA) is 107 Å². The summed E-state index contributed by atoms with van der Waals surface area (Å²) in [6.07, 6.45) is 0.413. The van der Waals surface area contributed by atoms with Gasteiger partial charge < -0.3 is 15.2 Å². The van der Waals surface area contributed by atoms with E-state index in [9.17, 15) is 9.59 Å². The molecule has 156 valence electrons. The maximum atomic E-state index is 13.3. The standard InChI is InChI=1S/C22H19ClN6O2/c1-12-24-20(28-27-12)11-29-19-5-3-2-4-13(19)9-18(22(29)31)26-21(30)17-10-14-8-15(23)6-7-16(14)25-17/h2-8,10,18,25H,9,11H2,1H3,(H,26,30)(H,24,27,28)/t18-/m1/s1. The summed E-state index contributed by atoms with van der Waals surface area (Å²) in [4.78, 5) is 35.2. The van der Waals surface area contributed by atoms with E-state index in [0.717, 1.165) is 22.2 Å². The minimum atomic E-state index is -0.697.